The number of methoxy groups -OCH3 is 1. The minimum atomic E-state index is -0.850. The van der Waals surface area contributed by atoms with Crippen LogP contribution in [-0.2, 0) is 23.8 Å². The van der Waals surface area contributed by atoms with E-state index < -0.39 is 18.0 Å². The monoisotopic (exact) mass is 347 g/mol. The van der Waals surface area contributed by atoms with Gasteiger partial charge >= 0.3 is 11.9 Å². The molecule has 7 heteroatoms. The van der Waals surface area contributed by atoms with E-state index in [2.05, 4.69) is 4.74 Å². The van der Waals surface area contributed by atoms with E-state index in [9.17, 15) is 14.4 Å². The van der Waals surface area contributed by atoms with Crippen LogP contribution in [0.3, 0.4) is 0 Å². The standard InChI is InChI=1S/C18H21NO6/c1-13(17(21)19-9-11-24-12-10-19)25-16(20)8-5-14-3-6-15(7-4-14)18(22)23-2/h3-8,13H,9-12H2,1-2H3/b8-5+. The Morgan fingerprint density at radius 3 is 2.40 bits per heavy atom. The first-order chi connectivity index (χ1) is 12.0. The molecule has 25 heavy (non-hydrogen) atoms. The molecule has 0 aliphatic carbocycles. The number of morpholine rings is 1. The average Bonchev–Trinajstić information content (AvgIpc) is 2.66. The molecule has 0 spiro atoms. The zero-order chi connectivity index (χ0) is 18.2. The lowest BCUT2D eigenvalue weighted by atomic mass is 10.1. The van der Waals surface area contributed by atoms with E-state index in [1.165, 1.54) is 13.2 Å². The van der Waals surface area contributed by atoms with Crippen LogP contribution in [0.25, 0.3) is 6.08 Å². The van der Waals surface area contributed by atoms with Crippen molar-refractivity contribution >= 4 is 23.9 Å². The summed E-state index contributed by atoms with van der Waals surface area (Å²) in [6.45, 7) is 3.54. The number of hydrogen-bond donors (Lipinski definition) is 0. The number of amides is 1. The summed E-state index contributed by atoms with van der Waals surface area (Å²) >= 11 is 0. The van der Waals surface area contributed by atoms with Gasteiger partial charge < -0.3 is 19.1 Å². The zero-order valence-electron chi connectivity index (χ0n) is 14.3. The van der Waals surface area contributed by atoms with E-state index in [-0.39, 0.29) is 5.91 Å². The third-order valence-electron chi connectivity index (χ3n) is 3.71. The largest absolute Gasteiger partial charge is 0.465 e. The van der Waals surface area contributed by atoms with E-state index >= 15 is 0 Å². The number of nitrogens with zero attached hydrogens (tertiary/aromatic N) is 1. The summed E-state index contributed by atoms with van der Waals surface area (Å²) in [5.74, 6) is -1.26. The Balaban J connectivity index is 1.87. The fraction of sp³-hybridized carbons (Fsp3) is 0.389. The zero-order valence-corrected chi connectivity index (χ0v) is 14.3. The van der Waals surface area contributed by atoms with E-state index in [0.717, 1.165) is 5.56 Å². The molecule has 1 saturated heterocycles. The molecule has 0 radical (unpaired) electrons. The predicted octanol–water partition coefficient (Wildman–Crippen LogP) is 1.28. The second-order valence-electron chi connectivity index (χ2n) is 5.46. The van der Waals surface area contributed by atoms with Crippen LogP contribution < -0.4 is 0 Å². The van der Waals surface area contributed by atoms with E-state index in [1.54, 1.807) is 42.2 Å². The third kappa shape index (κ3) is 5.42. The summed E-state index contributed by atoms with van der Waals surface area (Å²) in [6.07, 6.45) is 1.95. The van der Waals surface area contributed by atoms with Gasteiger partial charge in [0.2, 0.25) is 0 Å². The van der Waals surface area contributed by atoms with Crippen LogP contribution in [0.1, 0.15) is 22.8 Å². The number of rotatable bonds is 5. The number of carbonyl (C=O) groups excluding carboxylic acids is 3. The van der Waals surface area contributed by atoms with Gasteiger partial charge in [0.25, 0.3) is 5.91 Å². The fourth-order valence-corrected chi connectivity index (χ4v) is 2.32. The van der Waals surface area contributed by atoms with Crippen LogP contribution in [0.5, 0.6) is 0 Å². The van der Waals surface area contributed by atoms with Crippen LogP contribution in [-0.4, -0.2) is 62.3 Å². The summed E-state index contributed by atoms with van der Waals surface area (Å²) < 4.78 is 14.9. The molecule has 1 fully saturated rings. The molecule has 1 atom stereocenters. The fourth-order valence-electron chi connectivity index (χ4n) is 2.32. The molecule has 134 valence electrons. The summed E-state index contributed by atoms with van der Waals surface area (Å²) in [7, 11) is 1.31. The Kier molecular flexibility index (Phi) is 6.71. The van der Waals surface area contributed by atoms with Crippen LogP contribution in [0.15, 0.2) is 30.3 Å². The molecule has 1 amide bonds. The smallest absolute Gasteiger partial charge is 0.337 e. The Morgan fingerprint density at radius 2 is 1.80 bits per heavy atom. The van der Waals surface area contributed by atoms with Gasteiger partial charge in [0.15, 0.2) is 6.10 Å². The second-order valence-corrected chi connectivity index (χ2v) is 5.46. The molecule has 2 rings (SSSR count). The van der Waals surface area contributed by atoms with Crippen molar-refractivity contribution < 1.29 is 28.6 Å². The first kappa shape index (κ1) is 18.7. The Labute approximate surface area is 146 Å². The van der Waals surface area contributed by atoms with Crippen molar-refractivity contribution in [1.29, 1.82) is 0 Å². The lowest BCUT2D eigenvalue weighted by Crippen LogP contribution is -2.45. The number of benzene rings is 1. The highest BCUT2D eigenvalue weighted by Crippen LogP contribution is 2.08. The van der Waals surface area contributed by atoms with Crippen molar-refractivity contribution in [3.05, 3.63) is 41.5 Å². The molecule has 0 N–H and O–H groups in total. The van der Waals surface area contributed by atoms with Gasteiger partial charge in [0.1, 0.15) is 0 Å². The molecular weight excluding hydrogens is 326 g/mol. The van der Waals surface area contributed by atoms with Gasteiger partial charge in [-0.3, -0.25) is 4.79 Å². The predicted molar refractivity (Wildman–Crippen MR) is 89.8 cm³/mol. The summed E-state index contributed by atoms with van der Waals surface area (Å²) in [4.78, 5) is 37.0. The van der Waals surface area contributed by atoms with Gasteiger partial charge in [-0.1, -0.05) is 12.1 Å². The molecule has 0 aromatic heterocycles. The Hall–Kier alpha value is -2.67. The molecule has 1 heterocycles. The van der Waals surface area contributed by atoms with Crippen molar-refractivity contribution in [3.63, 3.8) is 0 Å². The van der Waals surface area contributed by atoms with Crippen LogP contribution in [0, 0.1) is 0 Å². The summed E-state index contributed by atoms with van der Waals surface area (Å²) in [6, 6.07) is 6.56. The first-order valence-electron chi connectivity index (χ1n) is 7.95. The highest BCUT2D eigenvalue weighted by Gasteiger charge is 2.24. The maximum absolute atomic E-state index is 12.2. The van der Waals surface area contributed by atoms with Gasteiger partial charge in [-0.2, -0.15) is 0 Å². The lowest BCUT2D eigenvalue weighted by Gasteiger charge is -2.28. The van der Waals surface area contributed by atoms with Gasteiger partial charge in [0, 0.05) is 19.2 Å². The quantitative estimate of drug-likeness (QED) is 0.589. The van der Waals surface area contributed by atoms with Gasteiger partial charge in [0.05, 0.1) is 25.9 Å². The number of hydrogen-bond acceptors (Lipinski definition) is 6. The van der Waals surface area contributed by atoms with E-state index in [4.69, 9.17) is 9.47 Å². The topological polar surface area (TPSA) is 82.1 Å². The molecule has 0 bridgehead atoms. The molecule has 1 aliphatic rings. The number of carbonyl (C=O) groups is 3. The van der Waals surface area contributed by atoms with Crippen molar-refractivity contribution in [2.45, 2.75) is 13.0 Å². The molecular formula is C18H21NO6. The number of esters is 2. The lowest BCUT2D eigenvalue weighted by molar-refractivity contribution is -0.157. The minimum absolute atomic E-state index is 0.229. The van der Waals surface area contributed by atoms with Crippen molar-refractivity contribution in [3.8, 4) is 0 Å². The molecule has 1 aromatic carbocycles. The molecule has 1 aliphatic heterocycles. The Bertz CT molecular complexity index is 646. The Morgan fingerprint density at radius 1 is 1.16 bits per heavy atom. The van der Waals surface area contributed by atoms with E-state index in [1.807, 2.05) is 0 Å². The van der Waals surface area contributed by atoms with Crippen molar-refractivity contribution in [1.82, 2.24) is 4.90 Å². The highest BCUT2D eigenvalue weighted by molar-refractivity contribution is 5.91. The molecule has 1 unspecified atom stereocenters. The first-order valence-corrected chi connectivity index (χ1v) is 7.95. The molecule has 7 nitrogen and oxygen atoms in total. The average molecular weight is 347 g/mol. The maximum atomic E-state index is 12.2. The highest BCUT2D eigenvalue weighted by atomic mass is 16.5. The van der Waals surface area contributed by atoms with Gasteiger partial charge in [-0.05, 0) is 30.7 Å². The maximum Gasteiger partial charge on any atom is 0.337 e. The van der Waals surface area contributed by atoms with Gasteiger partial charge in [-0.25, -0.2) is 9.59 Å². The van der Waals surface area contributed by atoms with Gasteiger partial charge in [-0.15, -0.1) is 0 Å². The second kappa shape index (κ2) is 8.98. The van der Waals surface area contributed by atoms with Crippen molar-refractivity contribution in [2.24, 2.45) is 0 Å². The van der Waals surface area contributed by atoms with Crippen molar-refractivity contribution in [2.75, 3.05) is 33.4 Å². The summed E-state index contributed by atoms with van der Waals surface area (Å²) in [5, 5.41) is 0. The van der Waals surface area contributed by atoms with Crippen LogP contribution in [0.2, 0.25) is 0 Å². The van der Waals surface area contributed by atoms with Crippen LogP contribution >= 0.6 is 0 Å². The minimum Gasteiger partial charge on any atom is -0.465 e. The van der Waals surface area contributed by atoms with Crippen LogP contribution in [0.4, 0.5) is 0 Å². The molecule has 1 aromatic rings. The SMILES string of the molecule is COC(=O)c1ccc(/C=C/C(=O)OC(C)C(=O)N2CCOCC2)cc1. The van der Waals surface area contributed by atoms with E-state index in [0.29, 0.717) is 31.9 Å². The molecule has 0 saturated carbocycles. The normalized spacial score (nSPS) is 15.7. The third-order valence-corrected chi connectivity index (χ3v) is 3.71. The summed E-state index contributed by atoms with van der Waals surface area (Å²) in [5.41, 5.74) is 1.14. The number of ether oxygens (including phenoxy) is 3.